The molecule has 0 aliphatic carbocycles. The van der Waals surface area contributed by atoms with Gasteiger partial charge in [-0.25, -0.2) is 4.98 Å². The number of halogens is 2. The molecule has 0 saturated carbocycles. The fourth-order valence-electron chi connectivity index (χ4n) is 2.53. The van der Waals surface area contributed by atoms with E-state index in [0.29, 0.717) is 24.6 Å². The van der Waals surface area contributed by atoms with Gasteiger partial charge in [0.2, 0.25) is 5.91 Å². The van der Waals surface area contributed by atoms with Crippen molar-refractivity contribution in [2.75, 3.05) is 18.5 Å². The molecule has 0 spiro atoms. The molecule has 0 bridgehead atoms. The number of nitrogens with two attached hydrogens (primary N) is 1. The lowest BCUT2D eigenvalue weighted by atomic mass is 9.92. The molecule has 1 atom stereocenters. The molecule has 1 amide bonds. The molecule has 1 unspecified atom stereocenters. The summed E-state index contributed by atoms with van der Waals surface area (Å²) in [5.74, 6) is -0.0371. The lowest BCUT2D eigenvalue weighted by Gasteiger charge is -2.26. The molecule has 2 aromatic heterocycles. The molecule has 0 radical (unpaired) electrons. The van der Waals surface area contributed by atoms with Crippen LogP contribution in [0.2, 0.25) is 0 Å². The number of nitrogens with zero attached hydrogens (tertiary/aromatic N) is 2. The second-order valence-corrected chi connectivity index (χ2v) is 5.31. The van der Waals surface area contributed by atoms with Gasteiger partial charge in [-0.1, -0.05) is 5.16 Å². The SMILES string of the molecule is Cc1noc2ncc(NC(=O)C(N)C3CCOCC3)cc12.Cl.Cl. The van der Waals surface area contributed by atoms with Crippen LogP contribution >= 0.6 is 24.8 Å². The molecule has 2 aromatic rings. The van der Waals surface area contributed by atoms with Gasteiger partial charge in [-0.3, -0.25) is 4.79 Å². The lowest BCUT2D eigenvalue weighted by Crippen LogP contribution is -2.44. The molecule has 23 heavy (non-hydrogen) atoms. The largest absolute Gasteiger partial charge is 0.381 e. The van der Waals surface area contributed by atoms with Crippen molar-refractivity contribution < 1.29 is 14.1 Å². The highest BCUT2D eigenvalue weighted by molar-refractivity contribution is 5.96. The molecule has 1 aliphatic rings. The van der Waals surface area contributed by atoms with Crippen molar-refractivity contribution in [2.45, 2.75) is 25.8 Å². The molecule has 1 fully saturated rings. The maximum absolute atomic E-state index is 12.2. The number of amides is 1. The minimum Gasteiger partial charge on any atom is -0.381 e. The molecule has 3 rings (SSSR count). The van der Waals surface area contributed by atoms with Gasteiger partial charge in [0.25, 0.3) is 5.71 Å². The summed E-state index contributed by atoms with van der Waals surface area (Å²) in [4.78, 5) is 16.3. The minimum atomic E-state index is -0.534. The number of ether oxygens (including phenoxy) is 1. The van der Waals surface area contributed by atoms with Gasteiger partial charge in [-0.2, -0.15) is 0 Å². The first kappa shape index (κ1) is 19.6. The number of nitrogens with one attached hydrogen (secondary N) is 1. The average Bonchev–Trinajstić information content (AvgIpc) is 2.88. The molecular weight excluding hydrogens is 343 g/mol. The van der Waals surface area contributed by atoms with E-state index in [1.54, 1.807) is 12.3 Å². The van der Waals surface area contributed by atoms with E-state index in [4.69, 9.17) is 15.0 Å². The van der Waals surface area contributed by atoms with Gasteiger partial charge in [-0.05, 0) is 31.7 Å². The Morgan fingerprint density at radius 2 is 2.09 bits per heavy atom. The van der Waals surface area contributed by atoms with E-state index in [2.05, 4.69) is 15.5 Å². The van der Waals surface area contributed by atoms with Gasteiger partial charge in [0.1, 0.15) is 0 Å². The zero-order valence-electron chi connectivity index (χ0n) is 12.7. The van der Waals surface area contributed by atoms with Gasteiger partial charge in [-0.15, -0.1) is 24.8 Å². The summed E-state index contributed by atoms with van der Waals surface area (Å²) < 4.78 is 10.3. The van der Waals surface area contributed by atoms with Crippen molar-refractivity contribution in [3.8, 4) is 0 Å². The maximum Gasteiger partial charge on any atom is 0.258 e. The molecular formula is C14H20Cl2N4O3. The van der Waals surface area contributed by atoms with E-state index < -0.39 is 6.04 Å². The Morgan fingerprint density at radius 3 is 2.78 bits per heavy atom. The summed E-state index contributed by atoms with van der Waals surface area (Å²) in [6, 6.07) is 1.26. The number of hydrogen-bond donors (Lipinski definition) is 2. The number of aryl methyl sites for hydroxylation is 1. The fourth-order valence-corrected chi connectivity index (χ4v) is 2.53. The predicted molar refractivity (Wildman–Crippen MR) is 91.2 cm³/mol. The summed E-state index contributed by atoms with van der Waals surface area (Å²) in [7, 11) is 0. The van der Waals surface area contributed by atoms with E-state index in [0.717, 1.165) is 23.9 Å². The highest BCUT2D eigenvalue weighted by atomic mass is 35.5. The number of carbonyl (C=O) groups is 1. The first-order chi connectivity index (χ1) is 10.1. The van der Waals surface area contributed by atoms with E-state index in [-0.39, 0.29) is 36.6 Å². The van der Waals surface area contributed by atoms with Gasteiger partial charge in [0, 0.05) is 13.2 Å². The summed E-state index contributed by atoms with van der Waals surface area (Å²) >= 11 is 0. The van der Waals surface area contributed by atoms with Crippen LogP contribution in [0.3, 0.4) is 0 Å². The van der Waals surface area contributed by atoms with Crippen LogP contribution in [0.25, 0.3) is 11.1 Å². The number of carbonyl (C=O) groups excluding carboxylic acids is 1. The normalized spacial score (nSPS) is 16.3. The Balaban J connectivity index is 0.00000132. The number of aromatic nitrogens is 2. The highest BCUT2D eigenvalue weighted by Gasteiger charge is 2.26. The van der Waals surface area contributed by atoms with Crippen LogP contribution < -0.4 is 11.1 Å². The van der Waals surface area contributed by atoms with Gasteiger partial charge in [0.05, 0.1) is 29.0 Å². The van der Waals surface area contributed by atoms with Crippen molar-refractivity contribution in [3.63, 3.8) is 0 Å². The molecule has 7 nitrogen and oxygen atoms in total. The van der Waals surface area contributed by atoms with Crippen molar-refractivity contribution in [1.82, 2.24) is 10.1 Å². The summed E-state index contributed by atoms with van der Waals surface area (Å²) in [5, 5.41) is 7.43. The Labute approximate surface area is 146 Å². The van der Waals surface area contributed by atoms with Crippen molar-refractivity contribution in [3.05, 3.63) is 18.0 Å². The third-order valence-corrected chi connectivity index (χ3v) is 3.85. The van der Waals surface area contributed by atoms with Crippen molar-refractivity contribution in [1.29, 1.82) is 0 Å². The summed E-state index contributed by atoms with van der Waals surface area (Å²) in [6.45, 7) is 3.16. The second-order valence-electron chi connectivity index (χ2n) is 5.31. The van der Waals surface area contributed by atoms with Gasteiger partial charge >= 0.3 is 0 Å². The Kier molecular flexibility index (Phi) is 7.21. The second kappa shape index (κ2) is 8.44. The first-order valence-corrected chi connectivity index (χ1v) is 7.01. The molecule has 3 N–H and O–H groups in total. The third kappa shape index (κ3) is 4.32. The monoisotopic (exact) mass is 362 g/mol. The standard InChI is InChI=1S/C14H18N4O3.2ClH/c1-8-11-6-10(7-16-14(11)21-18-8)17-13(19)12(15)9-2-4-20-5-3-9;;/h6-7,9,12H,2-5,15H2,1H3,(H,17,19);2*1H. The zero-order chi connectivity index (χ0) is 14.8. The van der Waals surface area contributed by atoms with Crippen LogP contribution in [-0.4, -0.2) is 35.3 Å². The summed E-state index contributed by atoms with van der Waals surface area (Å²) in [5.41, 5.74) is 7.84. The predicted octanol–water partition coefficient (Wildman–Crippen LogP) is 2.07. The number of fused-ring (bicyclic) bond motifs is 1. The molecule has 0 aromatic carbocycles. The number of hydrogen-bond acceptors (Lipinski definition) is 6. The first-order valence-electron chi connectivity index (χ1n) is 7.01. The van der Waals surface area contributed by atoms with E-state index in [9.17, 15) is 4.79 Å². The van der Waals surface area contributed by atoms with Crippen LogP contribution in [0.5, 0.6) is 0 Å². The zero-order valence-corrected chi connectivity index (χ0v) is 14.3. The van der Waals surface area contributed by atoms with Crippen LogP contribution in [0, 0.1) is 12.8 Å². The molecule has 1 aliphatic heterocycles. The Hall–Kier alpha value is -1.41. The lowest BCUT2D eigenvalue weighted by molar-refractivity contribution is -0.119. The molecule has 3 heterocycles. The maximum atomic E-state index is 12.2. The molecule has 128 valence electrons. The van der Waals surface area contributed by atoms with E-state index >= 15 is 0 Å². The highest BCUT2D eigenvalue weighted by Crippen LogP contribution is 2.21. The van der Waals surface area contributed by atoms with Crippen LogP contribution in [0.15, 0.2) is 16.8 Å². The van der Waals surface area contributed by atoms with Gasteiger partial charge < -0.3 is 20.3 Å². The Morgan fingerprint density at radius 1 is 1.39 bits per heavy atom. The van der Waals surface area contributed by atoms with Crippen LogP contribution in [0.1, 0.15) is 18.5 Å². The van der Waals surface area contributed by atoms with Crippen LogP contribution in [-0.2, 0) is 9.53 Å². The Bertz CT molecular complexity index is 659. The minimum absolute atomic E-state index is 0. The van der Waals surface area contributed by atoms with E-state index in [1.807, 2.05) is 6.92 Å². The smallest absolute Gasteiger partial charge is 0.258 e. The average molecular weight is 363 g/mol. The third-order valence-electron chi connectivity index (χ3n) is 3.85. The van der Waals surface area contributed by atoms with Gasteiger partial charge in [0.15, 0.2) is 0 Å². The fraction of sp³-hybridized carbons (Fsp3) is 0.500. The van der Waals surface area contributed by atoms with E-state index in [1.165, 1.54) is 0 Å². The number of pyridine rings is 1. The topological polar surface area (TPSA) is 103 Å². The van der Waals surface area contributed by atoms with Crippen LogP contribution in [0.4, 0.5) is 5.69 Å². The molecule has 1 saturated heterocycles. The molecule has 9 heteroatoms. The van der Waals surface area contributed by atoms with Crippen molar-refractivity contribution >= 4 is 47.5 Å². The van der Waals surface area contributed by atoms with Crippen molar-refractivity contribution in [2.24, 2.45) is 11.7 Å². The summed E-state index contributed by atoms with van der Waals surface area (Å²) in [6.07, 6.45) is 3.18. The number of anilines is 1. The number of rotatable bonds is 3. The quantitative estimate of drug-likeness (QED) is 0.865.